The van der Waals surface area contributed by atoms with Gasteiger partial charge < -0.3 is 10.6 Å². The van der Waals surface area contributed by atoms with Crippen molar-refractivity contribution in [3.8, 4) is 0 Å². The summed E-state index contributed by atoms with van der Waals surface area (Å²) in [5.41, 5.74) is 5.08. The Hall–Kier alpha value is -1.65. The van der Waals surface area contributed by atoms with Crippen molar-refractivity contribution in [1.29, 1.82) is 0 Å². The number of nitrogens with two attached hydrogens (primary N) is 1. The monoisotopic (exact) mass is 263 g/mol. The molecule has 2 aliphatic rings. The summed E-state index contributed by atoms with van der Waals surface area (Å²) in [4.78, 5) is 23.8. The highest BCUT2D eigenvalue weighted by Crippen LogP contribution is 2.25. The normalized spacial score (nSPS) is 27.7. The van der Waals surface area contributed by atoms with Gasteiger partial charge in [-0.1, -0.05) is 12.2 Å². The van der Waals surface area contributed by atoms with E-state index in [2.05, 4.69) is 4.28 Å². The van der Waals surface area contributed by atoms with Gasteiger partial charge in [-0.3, -0.25) is 9.35 Å². The molecule has 0 aromatic heterocycles. The Balaban J connectivity index is 2.25. The molecule has 0 aromatic rings. The lowest BCUT2D eigenvalue weighted by Crippen LogP contribution is -2.46. The van der Waals surface area contributed by atoms with Gasteiger partial charge in [-0.15, -0.1) is 4.28 Å². The molecule has 1 fully saturated rings. The van der Waals surface area contributed by atoms with Crippen LogP contribution in [-0.4, -0.2) is 53.5 Å². The standard InChI is InChI=1S/C7H9N3O6S/c8-6(11)5-2-1-4-3-9(5)7(12)10(4)16-17(13,14)15/h1-2,4-5H,3H2,(H2,8,11)(H,13,14,15)/t4-,5+/m1/s1. The molecule has 9 nitrogen and oxygen atoms in total. The van der Waals surface area contributed by atoms with Crippen LogP contribution in [-0.2, 0) is 19.5 Å². The average Bonchev–Trinajstić information content (AvgIpc) is 2.42. The summed E-state index contributed by atoms with van der Waals surface area (Å²) in [5.74, 6) is -0.734. The zero-order chi connectivity index (χ0) is 12.8. The number of hydrogen-bond donors (Lipinski definition) is 2. The fourth-order valence-corrected chi connectivity index (χ4v) is 2.15. The van der Waals surface area contributed by atoms with Crippen LogP contribution >= 0.6 is 0 Å². The van der Waals surface area contributed by atoms with E-state index in [-0.39, 0.29) is 6.54 Å². The molecule has 2 heterocycles. The van der Waals surface area contributed by atoms with E-state index in [1.165, 1.54) is 12.2 Å². The predicted octanol–water partition coefficient (Wildman–Crippen LogP) is -1.75. The van der Waals surface area contributed by atoms with Crippen molar-refractivity contribution in [2.24, 2.45) is 5.73 Å². The second kappa shape index (κ2) is 3.68. The zero-order valence-electron chi connectivity index (χ0n) is 8.38. The highest BCUT2D eigenvalue weighted by molar-refractivity contribution is 7.80. The number of nitrogens with zero attached hydrogens (tertiary/aromatic N) is 2. The Labute approximate surface area is 96.3 Å². The third-order valence-electron chi connectivity index (χ3n) is 2.44. The summed E-state index contributed by atoms with van der Waals surface area (Å²) in [6.07, 6.45) is 2.80. The molecule has 0 radical (unpaired) electrons. The molecule has 2 rings (SSSR count). The SMILES string of the molecule is NC(=O)[C@@H]1C=C[C@@H]2CN1C(=O)N2OS(=O)(=O)O. The van der Waals surface area contributed by atoms with E-state index in [4.69, 9.17) is 10.3 Å². The van der Waals surface area contributed by atoms with E-state index in [9.17, 15) is 18.0 Å². The second-order valence-electron chi connectivity index (χ2n) is 3.56. The Morgan fingerprint density at radius 3 is 2.71 bits per heavy atom. The van der Waals surface area contributed by atoms with Gasteiger partial charge in [-0.2, -0.15) is 13.5 Å². The van der Waals surface area contributed by atoms with Gasteiger partial charge in [0, 0.05) is 0 Å². The summed E-state index contributed by atoms with van der Waals surface area (Å²) >= 11 is 0. The summed E-state index contributed by atoms with van der Waals surface area (Å²) in [5, 5.41) is 0.481. The Morgan fingerprint density at radius 2 is 2.18 bits per heavy atom. The second-order valence-corrected chi connectivity index (χ2v) is 4.57. The maximum Gasteiger partial charge on any atom is 0.418 e. The largest absolute Gasteiger partial charge is 0.418 e. The topological polar surface area (TPSA) is 130 Å². The quantitative estimate of drug-likeness (QED) is 0.458. The first-order chi connectivity index (χ1) is 7.79. The smallest absolute Gasteiger partial charge is 0.368 e. The number of hydrogen-bond acceptors (Lipinski definition) is 5. The van der Waals surface area contributed by atoms with Crippen LogP contribution in [0.5, 0.6) is 0 Å². The fourth-order valence-electron chi connectivity index (χ4n) is 1.77. The van der Waals surface area contributed by atoms with Crippen LogP contribution in [0.1, 0.15) is 0 Å². The van der Waals surface area contributed by atoms with Crippen molar-refractivity contribution in [3.05, 3.63) is 12.2 Å². The van der Waals surface area contributed by atoms with Gasteiger partial charge in [0.1, 0.15) is 6.04 Å². The number of fused-ring (bicyclic) bond motifs is 2. The minimum atomic E-state index is -4.79. The number of hydroxylamine groups is 2. The van der Waals surface area contributed by atoms with Crippen LogP contribution in [0.25, 0.3) is 0 Å². The van der Waals surface area contributed by atoms with Gasteiger partial charge in [0.2, 0.25) is 5.91 Å². The van der Waals surface area contributed by atoms with Crippen LogP contribution < -0.4 is 5.73 Å². The molecular formula is C7H9N3O6S. The van der Waals surface area contributed by atoms with Crippen LogP contribution in [0.4, 0.5) is 4.79 Å². The van der Waals surface area contributed by atoms with Crippen LogP contribution in [0, 0.1) is 0 Å². The minimum absolute atomic E-state index is 0.0679. The van der Waals surface area contributed by atoms with E-state index in [1.54, 1.807) is 0 Å². The zero-order valence-corrected chi connectivity index (χ0v) is 9.20. The first-order valence-electron chi connectivity index (χ1n) is 4.54. The lowest BCUT2D eigenvalue weighted by Gasteiger charge is -2.22. The molecule has 10 heteroatoms. The number of carbonyl (C=O) groups excluding carboxylic acids is 2. The highest BCUT2D eigenvalue weighted by Gasteiger charge is 2.46. The van der Waals surface area contributed by atoms with Crippen LogP contribution in [0.2, 0.25) is 0 Å². The average molecular weight is 263 g/mol. The number of urea groups is 1. The summed E-state index contributed by atoms with van der Waals surface area (Å²) < 4.78 is 33.7. The summed E-state index contributed by atoms with van der Waals surface area (Å²) in [6, 6.07) is -2.46. The van der Waals surface area contributed by atoms with Crippen molar-refractivity contribution >= 4 is 22.3 Å². The van der Waals surface area contributed by atoms with Gasteiger partial charge in [-0.05, 0) is 0 Å². The molecule has 0 saturated carbocycles. The molecule has 3 N–H and O–H groups in total. The molecule has 1 saturated heterocycles. The molecule has 2 bridgehead atoms. The third-order valence-corrected chi connectivity index (χ3v) is 2.79. The van der Waals surface area contributed by atoms with Crippen LogP contribution in [0.3, 0.4) is 0 Å². The first-order valence-corrected chi connectivity index (χ1v) is 5.90. The molecule has 0 spiro atoms. The van der Waals surface area contributed by atoms with Gasteiger partial charge in [0.05, 0.1) is 12.6 Å². The van der Waals surface area contributed by atoms with E-state index in [1.807, 2.05) is 0 Å². The molecule has 0 aliphatic carbocycles. The maximum absolute atomic E-state index is 11.7. The van der Waals surface area contributed by atoms with Gasteiger partial charge in [0.15, 0.2) is 0 Å². The van der Waals surface area contributed by atoms with Crippen molar-refractivity contribution in [1.82, 2.24) is 9.96 Å². The van der Waals surface area contributed by atoms with Gasteiger partial charge in [0.25, 0.3) is 0 Å². The van der Waals surface area contributed by atoms with E-state index < -0.39 is 34.4 Å². The fraction of sp³-hybridized carbons (Fsp3) is 0.429. The number of primary amides is 1. The molecule has 0 unspecified atom stereocenters. The van der Waals surface area contributed by atoms with Gasteiger partial charge in [-0.25, -0.2) is 4.79 Å². The molecule has 2 aliphatic heterocycles. The Kier molecular flexibility index (Phi) is 2.56. The molecule has 0 aromatic carbocycles. The number of rotatable bonds is 3. The molecule has 2 atom stereocenters. The van der Waals surface area contributed by atoms with E-state index in [0.29, 0.717) is 5.06 Å². The highest BCUT2D eigenvalue weighted by atomic mass is 32.3. The van der Waals surface area contributed by atoms with Crippen LogP contribution in [0.15, 0.2) is 12.2 Å². The number of amides is 3. The molecular weight excluding hydrogens is 254 g/mol. The lowest BCUT2D eigenvalue weighted by molar-refractivity contribution is -0.120. The predicted molar refractivity (Wildman–Crippen MR) is 52.5 cm³/mol. The first kappa shape index (κ1) is 11.8. The number of carbonyl (C=O) groups is 2. The molecule has 94 valence electrons. The maximum atomic E-state index is 11.7. The van der Waals surface area contributed by atoms with Gasteiger partial charge >= 0.3 is 16.4 Å². The van der Waals surface area contributed by atoms with Crippen molar-refractivity contribution in [2.75, 3.05) is 6.54 Å². The Bertz CT molecular complexity index is 500. The molecule has 3 amide bonds. The lowest BCUT2D eigenvalue weighted by atomic mass is 10.1. The summed E-state index contributed by atoms with van der Waals surface area (Å²) in [6.45, 7) is 0.0679. The van der Waals surface area contributed by atoms with E-state index >= 15 is 0 Å². The van der Waals surface area contributed by atoms with Crippen molar-refractivity contribution < 1.29 is 26.8 Å². The van der Waals surface area contributed by atoms with Crippen molar-refractivity contribution in [3.63, 3.8) is 0 Å². The van der Waals surface area contributed by atoms with Crippen molar-refractivity contribution in [2.45, 2.75) is 12.1 Å². The third kappa shape index (κ3) is 2.09. The van der Waals surface area contributed by atoms with E-state index in [0.717, 1.165) is 4.90 Å². The minimum Gasteiger partial charge on any atom is -0.368 e. The summed E-state index contributed by atoms with van der Waals surface area (Å²) in [7, 11) is -4.79. The Morgan fingerprint density at radius 1 is 1.53 bits per heavy atom. The molecule has 17 heavy (non-hydrogen) atoms.